The lowest BCUT2D eigenvalue weighted by Gasteiger charge is -2.26. The highest BCUT2D eigenvalue weighted by atomic mass is 32.2. The van der Waals surface area contributed by atoms with Gasteiger partial charge in [0.2, 0.25) is 0 Å². The van der Waals surface area contributed by atoms with Crippen LogP contribution in [0, 0.1) is 5.92 Å². The highest BCUT2D eigenvalue weighted by Gasteiger charge is 2.20. The summed E-state index contributed by atoms with van der Waals surface area (Å²) >= 11 is 1.85. The van der Waals surface area contributed by atoms with E-state index in [1.807, 2.05) is 32.5 Å². The van der Waals surface area contributed by atoms with Crippen LogP contribution in [0.25, 0.3) is 0 Å². The zero-order valence-electron chi connectivity index (χ0n) is 13.2. The Bertz CT molecular complexity index is 252. The number of thioether (sulfide) groups is 1. The van der Waals surface area contributed by atoms with Gasteiger partial charge in [0.25, 0.3) is 0 Å². The zero-order chi connectivity index (χ0) is 14.9. The molecule has 0 spiro atoms. The first-order valence-electron chi connectivity index (χ1n) is 6.95. The molecular weight excluding hydrogens is 260 g/mol. The van der Waals surface area contributed by atoms with Gasteiger partial charge in [-0.05, 0) is 51.7 Å². The van der Waals surface area contributed by atoms with Crippen molar-refractivity contribution in [3.63, 3.8) is 0 Å². The minimum atomic E-state index is -0.447. The summed E-state index contributed by atoms with van der Waals surface area (Å²) in [7, 11) is 0. The third-order valence-electron chi connectivity index (χ3n) is 2.57. The Morgan fingerprint density at radius 2 is 1.95 bits per heavy atom. The molecule has 5 heteroatoms. The summed E-state index contributed by atoms with van der Waals surface area (Å²) in [4.78, 5) is 11.7. The summed E-state index contributed by atoms with van der Waals surface area (Å²) in [6.07, 6.45) is 2.93. The molecule has 0 rings (SSSR count). The first kappa shape index (κ1) is 18.6. The molecule has 0 aliphatic rings. The van der Waals surface area contributed by atoms with E-state index in [0.717, 1.165) is 19.5 Å². The first-order chi connectivity index (χ1) is 8.76. The second-order valence-electron chi connectivity index (χ2n) is 6.05. The lowest BCUT2D eigenvalue weighted by atomic mass is 10.0. The molecule has 0 saturated carbocycles. The monoisotopic (exact) mass is 290 g/mol. The van der Waals surface area contributed by atoms with Gasteiger partial charge < -0.3 is 15.4 Å². The summed E-state index contributed by atoms with van der Waals surface area (Å²) in [6.45, 7) is 11.6. The topological polar surface area (TPSA) is 50.4 Å². The summed E-state index contributed by atoms with van der Waals surface area (Å²) in [5, 5.41) is 6.32. The van der Waals surface area contributed by atoms with E-state index in [0.29, 0.717) is 5.92 Å². The predicted octanol–water partition coefficient (Wildman–Crippen LogP) is 2.88. The van der Waals surface area contributed by atoms with E-state index in [-0.39, 0.29) is 12.1 Å². The van der Waals surface area contributed by atoms with Crippen molar-refractivity contribution in [2.75, 3.05) is 25.1 Å². The molecule has 0 aromatic heterocycles. The Hall–Kier alpha value is -0.420. The average Bonchev–Trinajstić information content (AvgIpc) is 2.24. The van der Waals surface area contributed by atoms with Crippen LogP contribution in [0.4, 0.5) is 4.79 Å². The summed E-state index contributed by atoms with van der Waals surface area (Å²) in [5.74, 6) is 1.54. The van der Waals surface area contributed by atoms with Crippen molar-refractivity contribution in [2.45, 2.75) is 52.7 Å². The van der Waals surface area contributed by atoms with E-state index >= 15 is 0 Å². The Morgan fingerprint density at radius 3 is 2.42 bits per heavy atom. The molecule has 0 aromatic carbocycles. The van der Waals surface area contributed by atoms with Crippen LogP contribution in [-0.2, 0) is 4.74 Å². The van der Waals surface area contributed by atoms with Gasteiger partial charge in [-0.25, -0.2) is 4.79 Å². The summed E-state index contributed by atoms with van der Waals surface area (Å²) in [5.41, 5.74) is -0.447. The molecule has 0 fully saturated rings. The van der Waals surface area contributed by atoms with Crippen molar-refractivity contribution in [1.82, 2.24) is 10.6 Å². The van der Waals surface area contributed by atoms with Crippen molar-refractivity contribution in [3.8, 4) is 0 Å². The molecule has 114 valence electrons. The van der Waals surface area contributed by atoms with Crippen molar-refractivity contribution in [2.24, 2.45) is 5.92 Å². The molecule has 0 bridgehead atoms. The van der Waals surface area contributed by atoms with Crippen molar-refractivity contribution in [1.29, 1.82) is 0 Å². The number of alkyl carbamates (subject to hydrolysis) is 1. The van der Waals surface area contributed by atoms with Gasteiger partial charge in [-0.2, -0.15) is 11.8 Å². The second kappa shape index (κ2) is 9.48. The van der Waals surface area contributed by atoms with Gasteiger partial charge in [0.1, 0.15) is 5.60 Å². The Morgan fingerprint density at radius 1 is 1.32 bits per heavy atom. The van der Waals surface area contributed by atoms with Crippen LogP contribution in [0.3, 0.4) is 0 Å². The molecule has 4 nitrogen and oxygen atoms in total. The smallest absolute Gasteiger partial charge is 0.407 e. The van der Waals surface area contributed by atoms with Crippen molar-refractivity contribution >= 4 is 17.9 Å². The van der Waals surface area contributed by atoms with Gasteiger partial charge in [-0.15, -0.1) is 0 Å². The second-order valence-corrected chi connectivity index (χ2v) is 7.03. The van der Waals surface area contributed by atoms with Gasteiger partial charge >= 0.3 is 6.09 Å². The maximum absolute atomic E-state index is 11.7. The number of hydrogen-bond acceptors (Lipinski definition) is 4. The van der Waals surface area contributed by atoms with Crippen LogP contribution in [0.2, 0.25) is 0 Å². The quantitative estimate of drug-likeness (QED) is 0.675. The molecule has 0 saturated heterocycles. The highest BCUT2D eigenvalue weighted by molar-refractivity contribution is 7.98. The highest BCUT2D eigenvalue weighted by Crippen LogP contribution is 2.08. The summed E-state index contributed by atoms with van der Waals surface area (Å²) in [6, 6.07) is 0.101. The van der Waals surface area contributed by atoms with Crippen LogP contribution in [0.5, 0.6) is 0 Å². The van der Waals surface area contributed by atoms with Gasteiger partial charge in [-0.3, -0.25) is 0 Å². The lowest BCUT2D eigenvalue weighted by molar-refractivity contribution is 0.0490. The van der Waals surface area contributed by atoms with Crippen LogP contribution in [-0.4, -0.2) is 42.8 Å². The Kier molecular flexibility index (Phi) is 9.27. The number of hydrogen-bond donors (Lipinski definition) is 2. The SMILES string of the molecule is CSCCCNCC(NC(=O)OC(C)(C)C)C(C)C. The first-order valence-corrected chi connectivity index (χ1v) is 8.35. The molecule has 0 radical (unpaired) electrons. The van der Waals surface area contributed by atoms with Crippen LogP contribution >= 0.6 is 11.8 Å². The summed E-state index contributed by atoms with van der Waals surface area (Å²) < 4.78 is 5.28. The van der Waals surface area contributed by atoms with E-state index in [9.17, 15) is 4.79 Å². The fourth-order valence-corrected chi connectivity index (χ4v) is 1.94. The van der Waals surface area contributed by atoms with Gasteiger partial charge in [0, 0.05) is 12.6 Å². The number of rotatable bonds is 8. The fourth-order valence-electron chi connectivity index (χ4n) is 1.51. The Labute approximate surface area is 122 Å². The van der Waals surface area contributed by atoms with Crippen LogP contribution in [0.15, 0.2) is 0 Å². The minimum Gasteiger partial charge on any atom is -0.444 e. The van der Waals surface area contributed by atoms with Crippen molar-refractivity contribution in [3.05, 3.63) is 0 Å². The minimum absolute atomic E-state index is 0.101. The van der Waals surface area contributed by atoms with Crippen LogP contribution < -0.4 is 10.6 Å². The number of nitrogens with one attached hydrogen (secondary N) is 2. The maximum atomic E-state index is 11.7. The van der Waals surface area contributed by atoms with E-state index in [2.05, 4.69) is 30.7 Å². The normalized spacial score (nSPS) is 13.4. The van der Waals surface area contributed by atoms with E-state index in [1.165, 1.54) is 5.75 Å². The number of carbonyl (C=O) groups is 1. The van der Waals surface area contributed by atoms with E-state index < -0.39 is 5.60 Å². The third-order valence-corrected chi connectivity index (χ3v) is 3.27. The molecule has 0 aromatic rings. The standard InChI is InChI=1S/C14H30N2O2S/c1-11(2)12(10-15-8-7-9-19-6)16-13(17)18-14(3,4)5/h11-12,15H,7-10H2,1-6H3,(H,16,17). The van der Waals surface area contributed by atoms with E-state index in [4.69, 9.17) is 4.74 Å². The molecular formula is C14H30N2O2S. The van der Waals surface area contributed by atoms with Gasteiger partial charge in [0.15, 0.2) is 0 Å². The lowest BCUT2D eigenvalue weighted by Crippen LogP contribution is -2.47. The van der Waals surface area contributed by atoms with Crippen LogP contribution in [0.1, 0.15) is 41.0 Å². The largest absolute Gasteiger partial charge is 0.444 e. The Balaban J connectivity index is 4.02. The van der Waals surface area contributed by atoms with Crippen molar-refractivity contribution < 1.29 is 9.53 Å². The average molecular weight is 290 g/mol. The maximum Gasteiger partial charge on any atom is 0.407 e. The molecule has 0 aliphatic heterocycles. The molecule has 1 unspecified atom stereocenters. The third kappa shape index (κ3) is 11.1. The molecule has 0 heterocycles. The molecule has 1 amide bonds. The molecule has 19 heavy (non-hydrogen) atoms. The number of amides is 1. The zero-order valence-corrected chi connectivity index (χ0v) is 14.0. The van der Waals surface area contributed by atoms with E-state index in [1.54, 1.807) is 0 Å². The molecule has 1 atom stereocenters. The number of carbonyl (C=O) groups excluding carboxylic acids is 1. The van der Waals surface area contributed by atoms with Gasteiger partial charge in [0.05, 0.1) is 0 Å². The molecule has 0 aliphatic carbocycles. The van der Waals surface area contributed by atoms with Gasteiger partial charge in [-0.1, -0.05) is 13.8 Å². The fraction of sp³-hybridized carbons (Fsp3) is 0.929. The predicted molar refractivity (Wildman–Crippen MR) is 83.9 cm³/mol. The molecule has 2 N–H and O–H groups in total. The number of ether oxygens (including phenoxy) is 1.